The monoisotopic (exact) mass is 327 g/mol. The summed E-state index contributed by atoms with van der Waals surface area (Å²) in [5.41, 5.74) is 1.08. The standard InChI is InChI=1S/C16H13N3O5/c1-23-13-6-5-10(8-14(13)24-2)15-12(9-20)18-7-3-4-11(19(21)22)16(18)17-15/h3-9H,1-2H3. The Balaban J connectivity index is 2.28. The molecule has 1 aromatic carbocycles. The number of hydrogen-bond donors (Lipinski definition) is 0. The van der Waals surface area contributed by atoms with E-state index in [9.17, 15) is 14.9 Å². The van der Waals surface area contributed by atoms with Gasteiger partial charge in [-0.15, -0.1) is 0 Å². The van der Waals surface area contributed by atoms with E-state index in [4.69, 9.17) is 9.47 Å². The normalized spacial score (nSPS) is 10.6. The maximum atomic E-state index is 11.5. The molecule has 0 saturated heterocycles. The Morgan fingerprint density at radius 1 is 1.21 bits per heavy atom. The van der Waals surface area contributed by atoms with Gasteiger partial charge in [-0.05, 0) is 24.3 Å². The van der Waals surface area contributed by atoms with Crippen LogP contribution in [0.1, 0.15) is 10.5 Å². The minimum Gasteiger partial charge on any atom is -0.493 e. The summed E-state index contributed by atoms with van der Waals surface area (Å²) in [5, 5.41) is 11.2. The fourth-order valence-electron chi connectivity index (χ4n) is 2.52. The van der Waals surface area contributed by atoms with Crippen molar-refractivity contribution in [1.29, 1.82) is 0 Å². The second kappa shape index (κ2) is 5.99. The highest BCUT2D eigenvalue weighted by atomic mass is 16.6. The molecule has 0 aliphatic carbocycles. The molecule has 0 radical (unpaired) electrons. The fourth-order valence-corrected chi connectivity index (χ4v) is 2.52. The van der Waals surface area contributed by atoms with Crippen LogP contribution in [0.15, 0.2) is 36.5 Å². The van der Waals surface area contributed by atoms with Gasteiger partial charge in [0.2, 0.25) is 5.65 Å². The van der Waals surface area contributed by atoms with Crippen LogP contribution < -0.4 is 9.47 Å². The van der Waals surface area contributed by atoms with E-state index in [-0.39, 0.29) is 17.0 Å². The van der Waals surface area contributed by atoms with Crippen LogP contribution in [-0.2, 0) is 0 Å². The van der Waals surface area contributed by atoms with Crippen molar-refractivity contribution < 1.29 is 19.2 Å². The SMILES string of the molecule is COc1ccc(-c2nc3c([N+](=O)[O-])cccn3c2C=O)cc1OC. The predicted octanol–water partition coefficient (Wildman–Crippen LogP) is 2.74. The van der Waals surface area contributed by atoms with E-state index in [0.29, 0.717) is 29.0 Å². The first kappa shape index (κ1) is 15.5. The van der Waals surface area contributed by atoms with E-state index in [1.54, 1.807) is 24.4 Å². The molecule has 0 fully saturated rings. The highest BCUT2D eigenvalue weighted by Crippen LogP contribution is 2.34. The molecular weight excluding hydrogens is 314 g/mol. The molecule has 2 heterocycles. The lowest BCUT2D eigenvalue weighted by atomic mass is 10.1. The summed E-state index contributed by atoms with van der Waals surface area (Å²) in [6.07, 6.45) is 2.18. The Kier molecular flexibility index (Phi) is 3.87. The number of benzene rings is 1. The van der Waals surface area contributed by atoms with E-state index in [0.717, 1.165) is 0 Å². The summed E-state index contributed by atoms with van der Waals surface area (Å²) in [6.45, 7) is 0. The number of methoxy groups -OCH3 is 2. The van der Waals surface area contributed by atoms with Gasteiger partial charge in [0.25, 0.3) is 0 Å². The Bertz CT molecular complexity index is 948. The number of pyridine rings is 1. The van der Waals surface area contributed by atoms with Crippen LogP contribution in [0.25, 0.3) is 16.9 Å². The fraction of sp³-hybridized carbons (Fsp3) is 0.125. The summed E-state index contributed by atoms with van der Waals surface area (Å²) in [6, 6.07) is 7.90. The summed E-state index contributed by atoms with van der Waals surface area (Å²) in [7, 11) is 3.01. The molecule has 8 nitrogen and oxygen atoms in total. The number of ether oxygens (including phenoxy) is 2. The largest absolute Gasteiger partial charge is 0.493 e. The van der Waals surface area contributed by atoms with Gasteiger partial charge in [0.05, 0.1) is 19.1 Å². The van der Waals surface area contributed by atoms with Crippen LogP contribution in [0, 0.1) is 10.1 Å². The Morgan fingerprint density at radius 3 is 2.58 bits per heavy atom. The van der Waals surface area contributed by atoms with Gasteiger partial charge in [0, 0.05) is 17.8 Å². The van der Waals surface area contributed by atoms with Crippen LogP contribution in [-0.4, -0.2) is 34.8 Å². The van der Waals surface area contributed by atoms with Crippen molar-refractivity contribution >= 4 is 17.6 Å². The van der Waals surface area contributed by atoms with Crippen LogP contribution >= 0.6 is 0 Å². The summed E-state index contributed by atoms with van der Waals surface area (Å²) in [5.74, 6) is 1.00. The lowest BCUT2D eigenvalue weighted by molar-refractivity contribution is -0.383. The van der Waals surface area contributed by atoms with Gasteiger partial charge in [0.1, 0.15) is 11.4 Å². The average molecular weight is 327 g/mol. The van der Waals surface area contributed by atoms with Gasteiger partial charge in [-0.3, -0.25) is 19.3 Å². The zero-order valence-electron chi connectivity index (χ0n) is 12.9. The first-order valence-electron chi connectivity index (χ1n) is 6.93. The van der Waals surface area contributed by atoms with Crippen molar-refractivity contribution in [1.82, 2.24) is 9.38 Å². The molecule has 0 aliphatic rings. The van der Waals surface area contributed by atoms with Gasteiger partial charge in [0.15, 0.2) is 17.8 Å². The first-order valence-corrected chi connectivity index (χ1v) is 6.93. The van der Waals surface area contributed by atoms with Gasteiger partial charge in [-0.1, -0.05) is 0 Å². The van der Waals surface area contributed by atoms with Crippen molar-refractivity contribution in [3.8, 4) is 22.8 Å². The third-order valence-corrected chi connectivity index (χ3v) is 3.63. The molecule has 0 spiro atoms. The maximum absolute atomic E-state index is 11.5. The average Bonchev–Trinajstić information content (AvgIpc) is 2.99. The predicted molar refractivity (Wildman–Crippen MR) is 85.8 cm³/mol. The molecule has 2 aromatic heterocycles. The summed E-state index contributed by atoms with van der Waals surface area (Å²) in [4.78, 5) is 26.5. The zero-order valence-corrected chi connectivity index (χ0v) is 12.9. The quantitative estimate of drug-likeness (QED) is 0.406. The number of hydrogen-bond acceptors (Lipinski definition) is 6. The molecule has 122 valence electrons. The second-order valence-corrected chi connectivity index (χ2v) is 4.88. The lowest BCUT2D eigenvalue weighted by Gasteiger charge is -2.08. The highest BCUT2D eigenvalue weighted by molar-refractivity contribution is 5.88. The number of nitro groups is 1. The Labute approximate surface area is 136 Å². The second-order valence-electron chi connectivity index (χ2n) is 4.88. The van der Waals surface area contributed by atoms with Crippen molar-refractivity contribution in [3.05, 3.63) is 52.3 Å². The molecule has 0 N–H and O–H groups in total. The maximum Gasteiger partial charge on any atom is 0.312 e. The van der Waals surface area contributed by atoms with Crippen LogP contribution in [0.2, 0.25) is 0 Å². The highest BCUT2D eigenvalue weighted by Gasteiger charge is 2.21. The van der Waals surface area contributed by atoms with Crippen LogP contribution in [0.3, 0.4) is 0 Å². The Morgan fingerprint density at radius 2 is 1.96 bits per heavy atom. The molecule has 0 saturated carbocycles. The van der Waals surface area contributed by atoms with E-state index in [2.05, 4.69) is 4.98 Å². The van der Waals surface area contributed by atoms with Gasteiger partial charge in [-0.25, -0.2) is 4.98 Å². The topological polar surface area (TPSA) is 96.0 Å². The molecule has 3 rings (SSSR count). The van der Waals surface area contributed by atoms with Gasteiger partial charge >= 0.3 is 5.69 Å². The van der Waals surface area contributed by atoms with Crippen LogP contribution in [0.5, 0.6) is 11.5 Å². The van der Waals surface area contributed by atoms with E-state index >= 15 is 0 Å². The van der Waals surface area contributed by atoms with E-state index in [1.807, 2.05) is 0 Å². The number of aromatic nitrogens is 2. The molecule has 24 heavy (non-hydrogen) atoms. The number of carbonyl (C=O) groups excluding carboxylic acids is 1. The summed E-state index contributed by atoms with van der Waals surface area (Å²) < 4.78 is 11.8. The van der Waals surface area contributed by atoms with E-state index in [1.165, 1.54) is 30.8 Å². The molecular formula is C16H13N3O5. The molecule has 8 heteroatoms. The molecule has 0 bridgehead atoms. The number of carbonyl (C=O) groups is 1. The van der Waals surface area contributed by atoms with Crippen molar-refractivity contribution in [2.75, 3.05) is 14.2 Å². The van der Waals surface area contributed by atoms with Gasteiger partial charge < -0.3 is 9.47 Å². The molecule has 0 amide bonds. The zero-order chi connectivity index (χ0) is 17.3. The number of aldehydes is 1. The molecule has 0 unspecified atom stereocenters. The Hall–Kier alpha value is -3.42. The first-order chi connectivity index (χ1) is 11.6. The van der Waals surface area contributed by atoms with E-state index < -0.39 is 4.92 Å². The third kappa shape index (κ3) is 2.34. The number of fused-ring (bicyclic) bond motifs is 1. The lowest BCUT2D eigenvalue weighted by Crippen LogP contribution is -1.96. The van der Waals surface area contributed by atoms with Crippen molar-refractivity contribution in [3.63, 3.8) is 0 Å². The minimum atomic E-state index is -0.532. The van der Waals surface area contributed by atoms with Crippen molar-refractivity contribution in [2.24, 2.45) is 0 Å². The smallest absolute Gasteiger partial charge is 0.312 e. The number of nitrogens with zero attached hydrogens (tertiary/aromatic N) is 3. The van der Waals surface area contributed by atoms with Crippen LogP contribution in [0.4, 0.5) is 5.69 Å². The molecule has 3 aromatic rings. The third-order valence-electron chi connectivity index (χ3n) is 3.63. The number of imidazole rings is 1. The van der Waals surface area contributed by atoms with Crippen molar-refractivity contribution in [2.45, 2.75) is 0 Å². The number of rotatable bonds is 5. The van der Waals surface area contributed by atoms with Gasteiger partial charge in [-0.2, -0.15) is 0 Å². The minimum absolute atomic E-state index is 0.106. The molecule has 0 aliphatic heterocycles. The summed E-state index contributed by atoms with van der Waals surface area (Å²) >= 11 is 0. The molecule has 0 atom stereocenters.